The Kier molecular flexibility index (Phi) is 6.77. The number of hydrogen-bond acceptors (Lipinski definition) is 4. The fourth-order valence-electron chi connectivity index (χ4n) is 3.86. The van der Waals surface area contributed by atoms with Gasteiger partial charge in [0, 0.05) is 22.8 Å². The molecule has 0 unspecified atom stereocenters. The largest absolute Gasteiger partial charge is 0.496 e. The summed E-state index contributed by atoms with van der Waals surface area (Å²) in [7, 11) is 1.62. The average molecular weight is 471 g/mol. The summed E-state index contributed by atoms with van der Waals surface area (Å²) in [6.45, 7) is 2.96. The van der Waals surface area contributed by atoms with E-state index < -0.39 is 0 Å². The summed E-state index contributed by atoms with van der Waals surface area (Å²) < 4.78 is 11.5. The maximum atomic E-state index is 13.2. The van der Waals surface area contributed by atoms with Crippen LogP contribution in [-0.2, 0) is 6.61 Å². The minimum Gasteiger partial charge on any atom is -0.496 e. The molecule has 32 heavy (non-hydrogen) atoms. The molecule has 1 aliphatic rings. The van der Waals surface area contributed by atoms with E-state index in [1.165, 1.54) is 0 Å². The van der Waals surface area contributed by atoms with Gasteiger partial charge in [-0.3, -0.25) is 4.79 Å². The van der Waals surface area contributed by atoms with Gasteiger partial charge >= 0.3 is 0 Å². The highest BCUT2D eigenvalue weighted by Gasteiger charge is 2.32. The zero-order chi connectivity index (χ0) is 22.7. The van der Waals surface area contributed by atoms with Crippen LogP contribution in [0, 0.1) is 0 Å². The molecule has 166 valence electrons. The molecule has 1 amide bonds. The Morgan fingerprint density at radius 1 is 1.03 bits per heavy atom. The molecule has 0 fully saturated rings. The van der Waals surface area contributed by atoms with Crippen LogP contribution in [0.5, 0.6) is 11.5 Å². The van der Waals surface area contributed by atoms with E-state index in [-0.39, 0.29) is 18.7 Å². The molecule has 4 rings (SSSR count). The molecule has 0 radical (unpaired) electrons. The van der Waals surface area contributed by atoms with Crippen LogP contribution in [0.3, 0.4) is 0 Å². The van der Waals surface area contributed by atoms with Crippen LogP contribution in [-0.4, -0.2) is 24.5 Å². The van der Waals surface area contributed by atoms with Gasteiger partial charge < -0.3 is 19.7 Å². The number of halogens is 2. The van der Waals surface area contributed by atoms with Crippen LogP contribution in [0.2, 0.25) is 10.0 Å². The molecule has 1 heterocycles. The van der Waals surface area contributed by atoms with Crippen molar-refractivity contribution < 1.29 is 14.3 Å². The first-order valence-corrected chi connectivity index (χ1v) is 11.2. The Bertz CT molecular complexity index is 1140. The first kappa shape index (κ1) is 22.3. The van der Waals surface area contributed by atoms with Gasteiger partial charge in [0.2, 0.25) is 0 Å². The third kappa shape index (κ3) is 4.50. The number of anilines is 1. The number of nitrogens with one attached hydrogen (secondary N) is 1. The Balaban J connectivity index is 1.65. The number of amides is 1. The van der Waals surface area contributed by atoms with Crippen molar-refractivity contribution in [2.45, 2.75) is 26.1 Å². The van der Waals surface area contributed by atoms with Crippen LogP contribution in [0.15, 0.2) is 60.7 Å². The van der Waals surface area contributed by atoms with E-state index in [0.717, 1.165) is 23.2 Å². The summed E-state index contributed by atoms with van der Waals surface area (Å²) in [6.07, 6.45) is 0.564. The van der Waals surface area contributed by atoms with Gasteiger partial charge in [-0.2, -0.15) is 0 Å². The maximum absolute atomic E-state index is 13.2. The standard InChI is InChI=1S/C25H24Cl2N2O3/c1-3-12-29-24(28-21-7-5-4-6-19(21)25(29)30)16-8-10-22(31-2)17(13-16)15-32-23-11-9-18(26)14-20(23)27/h4-11,13-14,24,28H,3,12,15H2,1-2H3/t24-/m1/s1. The molecule has 1 N–H and O–H groups in total. The molecule has 1 aliphatic heterocycles. The minimum absolute atomic E-state index is 0.0211. The Hall–Kier alpha value is -2.89. The molecule has 0 spiro atoms. The first-order valence-electron chi connectivity index (χ1n) is 10.4. The fourth-order valence-corrected chi connectivity index (χ4v) is 4.32. The number of carbonyl (C=O) groups is 1. The van der Waals surface area contributed by atoms with E-state index >= 15 is 0 Å². The third-order valence-electron chi connectivity index (χ3n) is 5.38. The molecule has 0 aliphatic carbocycles. The second-order valence-corrected chi connectivity index (χ2v) is 8.37. The highest BCUT2D eigenvalue weighted by molar-refractivity contribution is 6.35. The first-order chi connectivity index (χ1) is 15.5. The molecule has 1 atom stereocenters. The highest BCUT2D eigenvalue weighted by Crippen LogP contribution is 2.35. The van der Waals surface area contributed by atoms with Crippen LogP contribution >= 0.6 is 23.2 Å². The van der Waals surface area contributed by atoms with Crippen molar-refractivity contribution >= 4 is 34.8 Å². The summed E-state index contributed by atoms with van der Waals surface area (Å²) in [5, 5.41) is 4.51. The summed E-state index contributed by atoms with van der Waals surface area (Å²) in [5.74, 6) is 1.26. The number of rotatable bonds is 7. The van der Waals surface area contributed by atoms with Crippen LogP contribution in [0.25, 0.3) is 0 Å². The van der Waals surface area contributed by atoms with Crippen LogP contribution in [0.1, 0.15) is 41.0 Å². The van der Waals surface area contributed by atoms with Gasteiger partial charge in [-0.1, -0.05) is 48.3 Å². The molecule has 3 aromatic rings. The molecule has 7 heteroatoms. The average Bonchev–Trinajstić information content (AvgIpc) is 2.80. The smallest absolute Gasteiger partial charge is 0.257 e. The Labute approximate surface area is 197 Å². The number of benzene rings is 3. The number of ether oxygens (including phenoxy) is 2. The van der Waals surface area contributed by atoms with Crippen molar-refractivity contribution in [1.82, 2.24) is 4.90 Å². The van der Waals surface area contributed by atoms with Gasteiger partial charge in [-0.15, -0.1) is 0 Å². The Morgan fingerprint density at radius 3 is 2.56 bits per heavy atom. The number of nitrogens with zero attached hydrogens (tertiary/aromatic N) is 1. The predicted molar refractivity (Wildman–Crippen MR) is 128 cm³/mol. The van der Waals surface area contributed by atoms with Crippen molar-refractivity contribution in [3.63, 3.8) is 0 Å². The normalized spacial score (nSPS) is 15.2. The highest BCUT2D eigenvalue weighted by atomic mass is 35.5. The molecule has 0 saturated carbocycles. The van der Waals surface area contributed by atoms with E-state index in [0.29, 0.717) is 33.7 Å². The van der Waals surface area contributed by atoms with E-state index in [9.17, 15) is 4.79 Å². The van der Waals surface area contributed by atoms with E-state index in [1.807, 2.05) is 47.4 Å². The molecule has 0 aromatic heterocycles. The number of hydrogen-bond donors (Lipinski definition) is 1. The van der Waals surface area contributed by atoms with Crippen LogP contribution < -0.4 is 14.8 Å². The van der Waals surface area contributed by atoms with Gasteiger partial charge in [0.25, 0.3) is 5.91 Å². The quantitative estimate of drug-likeness (QED) is 0.424. The van der Waals surface area contributed by atoms with E-state index in [4.69, 9.17) is 32.7 Å². The van der Waals surface area contributed by atoms with Crippen molar-refractivity contribution in [1.29, 1.82) is 0 Å². The zero-order valence-electron chi connectivity index (χ0n) is 17.9. The van der Waals surface area contributed by atoms with Crippen molar-refractivity contribution in [3.8, 4) is 11.5 Å². The second kappa shape index (κ2) is 9.72. The maximum Gasteiger partial charge on any atom is 0.257 e. The van der Waals surface area contributed by atoms with E-state index in [2.05, 4.69) is 12.2 Å². The zero-order valence-corrected chi connectivity index (χ0v) is 19.4. The van der Waals surface area contributed by atoms with Crippen molar-refractivity contribution in [2.24, 2.45) is 0 Å². The second-order valence-electron chi connectivity index (χ2n) is 7.53. The predicted octanol–water partition coefficient (Wildman–Crippen LogP) is 6.56. The topological polar surface area (TPSA) is 50.8 Å². The summed E-state index contributed by atoms with van der Waals surface area (Å²) >= 11 is 12.2. The van der Waals surface area contributed by atoms with Crippen molar-refractivity contribution in [2.75, 3.05) is 19.0 Å². The van der Waals surface area contributed by atoms with E-state index in [1.54, 1.807) is 25.3 Å². The van der Waals surface area contributed by atoms with Crippen molar-refractivity contribution in [3.05, 3.63) is 87.4 Å². The molecule has 3 aromatic carbocycles. The molecular formula is C25H24Cl2N2O3. The lowest BCUT2D eigenvalue weighted by molar-refractivity contribution is 0.0683. The number of methoxy groups -OCH3 is 1. The van der Waals surface area contributed by atoms with Gasteiger partial charge in [0.15, 0.2) is 0 Å². The molecular weight excluding hydrogens is 447 g/mol. The van der Waals surface area contributed by atoms with Gasteiger partial charge in [-0.25, -0.2) is 0 Å². The molecule has 0 saturated heterocycles. The molecule has 5 nitrogen and oxygen atoms in total. The monoisotopic (exact) mass is 470 g/mol. The van der Waals surface area contributed by atoms with Crippen LogP contribution in [0.4, 0.5) is 5.69 Å². The van der Waals surface area contributed by atoms with Gasteiger partial charge in [0.05, 0.1) is 17.7 Å². The lowest BCUT2D eigenvalue weighted by Crippen LogP contribution is -2.43. The Morgan fingerprint density at radius 2 is 1.81 bits per heavy atom. The SMILES string of the molecule is CCCN1C(=O)c2ccccc2N[C@H]1c1ccc(OC)c(COc2ccc(Cl)cc2Cl)c1. The summed E-state index contributed by atoms with van der Waals surface area (Å²) in [6, 6.07) is 18.6. The summed E-state index contributed by atoms with van der Waals surface area (Å²) in [4.78, 5) is 15.1. The number of carbonyl (C=O) groups excluding carboxylic acids is 1. The fraction of sp³-hybridized carbons (Fsp3) is 0.240. The number of fused-ring (bicyclic) bond motifs is 1. The minimum atomic E-state index is -0.291. The van der Waals surface area contributed by atoms with Gasteiger partial charge in [-0.05, 0) is 54.4 Å². The number of para-hydroxylation sites is 1. The third-order valence-corrected chi connectivity index (χ3v) is 5.91. The van der Waals surface area contributed by atoms with Gasteiger partial charge in [0.1, 0.15) is 24.3 Å². The summed E-state index contributed by atoms with van der Waals surface area (Å²) in [5.41, 5.74) is 3.31. The lowest BCUT2D eigenvalue weighted by atomic mass is 10.0. The molecule has 0 bridgehead atoms. The lowest BCUT2D eigenvalue weighted by Gasteiger charge is -2.38.